The molecule has 1 amide bonds. The summed E-state index contributed by atoms with van der Waals surface area (Å²) in [4.78, 5) is 32.6. The monoisotopic (exact) mass is 478 g/mol. The number of sulfonamides is 1. The molecule has 1 aromatic carbocycles. The van der Waals surface area contributed by atoms with Gasteiger partial charge in [0.25, 0.3) is 15.9 Å². The Hall–Kier alpha value is -2.34. The van der Waals surface area contributed by atoms with Crippen molar-refractivity contribution in [2.24, 2.45) is 0 Å². The van der Waals surface area contributed by atoms with Gasteiger partial charge in [0.05, 0.1) is 0 Å². The van der Waals surface area contributed by atoms with Crippen molar-refractivity contribution in [2.45, 2.75) is 24.5 Å². The Bertz CT molecular complexity index is 1250. The first-order valence-electron chi connectivity index (χ1n) is 9.83. The molecule has 8 nitrogen and oxygen atoms in total. The van der Waals surface area contributed by atoms with Gasteiger partial charge in [-0.2, -0.15) is 4.31 Å². The minimum absolute atomic E-state index is 0.0375. The molecule has 1 aliphatic heterocycles. The second-order valence-corrected chi connectivity index (χ2v) is 11.2. The molecule has 2 aromatic heterocycles. The van der Waals surface area contributed by atoms with Crippen LogP contribution in [-0.2, 0) is 16.4 Å². The second-order valence-electron chi connectivity index (χ2n) is 7.21. The highest BCUT2D eigenvalue weighted by atomic mass is 32.2. The Morgan fingerprint density at radius 2 is 1.84 bits per heavy atom. The molecule has 3 aromatic rings. The van der Waals surface area contributed by atoms with Crippen molar-refractivity contribution in [2.75, 3.05) is 26.2 Å². The van der Waals surface area contributed by atoms with Crippen molar-refractivity contribution in [3.63, 3.8) is 0 Å². The van der Waals surface area contributed by atoms with E-state index in [9.17, 15) is 18.0 Å². The van der Waals surface area contributed by atoms with Crippen LogP contribution in [0.3, 0.4) is 0 Å². The lowest BCUT2D eigenvalue weighted by Gasteiger charge is -2.33. The van der Waals surface area contributed by atoms with Crippen LogP contribution in [0.15, 0.2) is 38.6 Å². The number of thiazole rings is 2. The molecule has 0 unspecified atom stereocenters. The maximum Gasteiger partial charge on any atom is 0.305 e. The van der Waals surface area contributed by atoms with Crippen molar-refractivity contribution in [3.05, 3.63) is 56.3 Å². The minimum Gasteiger partial charge on any atom is -0.335 e. The Balaban J connectivity index is 1.43. The molecule has 0 radical (unpaired) electrons. The molecule has 0 bridgehead atoms. The van der Waals surface area contributed by atoms with Crippen molar-refractivity contribution >= 4 is 38.6 Å². The highest BCUT2D eigenvalue weighted by molar-refractivity contribution is 7.91. The molecule has 1 N–H and O–H groups in total. The zero-order valence-corrected chi connectivity index (χ0v) is 19.6. The standard InChI is InChI=1S/C20H22N4O4S3/c1-3-14-4-6-15(7-5-14)17-22-16(12-29-17)18(25)23-8-10-24(11-9-23)31(27,28)19-13(2)21-20(26)30-19/h4-7,12H,3,8-11H2,1-2H3,(H,21,26). The highest BCUT2D eigenvalue weighted by Crippen LogP contribution is 2.26. The summed E-state index contributed by atoms with van der Waals surface area (Å²) in [7, 11) is -3.75. The first-order valence-corrected chi connectivity index (χ1v) is 13.0. The van der Waals surface area contributed by atoms with Gasteiger partial charge in [-0.15, -0.1) is 11.3 Å². The van der Waals surface area contributed by atoms with E-state index in [2.05, 4.69) is 29.0 Å². The van der Waals surface area contributed by atoms with Gasteiger partial charge in [-0.3, -0.25) is 9.59 Å². The summed E-state index contributed by atoms with van der Waals surface area (Å²) in [5.41, 5.74) is 2.93. The fourth-order valence-corrected chi connectivity index (χ4v) is 7.09. The third-order valence-electron chi connectivity index (χ3n) is 5.21. The molecule has 1 fully saturated rings. The number of aryl methyl sites for hydroxylation is 2. The average molecular weight is 479 g/mol. The topological polar surface area (TPSA) is 103 Å². The molecule has 0 spiro atoms. The van der Waals surface area contributed by atoms with Crippen molar-refractivity contribution in [1.82, 2.24) is 19.2 Å². The molecule has 0 aliphatic carbocycles. The van der Waals surface area contributed by atoms with E-state index in [1.165, 1.54) is 21.2 Å². The number of aromatic nitrogens is 2. The molecule has 3 heterocycles. The van der Waals surface area contributed by atoms with E-state index < -0.39 is 14.9 Å². The fraction of sp³-hybridized carbons (Fsp3) is 0.350. The van der Waals surface area contributed by atoms with Crippen LogP contribution in [0.25, 0.3) is 10.6 Å². The van der Waals surface area contributed by atoms with Gasteiger partial charge in [0.15, 0.2) is 4.21 Å². The number of H-pyrrole nitrogens is 1. The smallest absolute Gasteiger partial charge is 0.305 e. The van der Waals surface area contributed by atoms with Gasteiger partial charge in [-0.25, -0.2) is 13.4 Å². The summed E-state index contributed by atoms with van der Waals surface area (Å²) in [6.45, 7) is 4.56. The van der Waals surface area contributed by atoms with Gasteiger partial charge < -0.3 is 9.88 Å². The van der Waals surface area contributed by atoms with E-state index in [-0.39, 0.29) is 36.3 Å². The Kier molecular flexibility index (Phi) is 6.11. The predicted octanol–water partition coefficient (Wildman–Crippen LogP) is 2.58. The van der Waals surface area contributed by atoms with Crippen LogP contribution in [0.4, 0.5) is 0 Å². The molecule has 4 rings (SSSR count). The Morgan fingerprint density at radius 3 is 2.42 bits per heavy atom. The molecule has 1 aliphatic rings. The maximum atomic E-state index is 12.9. The van der Waals surface area contributed by atoms with Crippen LogP contribution in [0, 0.1) is 6.92 Å². The summed E-state index contributed by atoms with van der Waals surface area (Å²) in [6.07, 6.45) is 0.964. The maximum absolute atomic E-state index is 12.9. The third kappa shape index (κ3) is 4.36. The number of benzene rings is 1. The number of nitrogens with zero attached hydrogens (tertiary/aromatic N) is 3. The largest absolute Gasteiger partial charge is 0.335 e. The number of piperazine rings is 1. The van der Waals surface area contributed by atoms with Gasteiger partial charge in [-0.05, 0) is 18.9 Å². The number of carbonyl (C=O) groups excluding carboxylic acids is 1. The van der Waals surface area contributed by atoms with E-state index in [0.29, 0.717) is 22.7 Å². The van der Waals surface area contributed by atoms with Gasteiger partial charge in [0, 0.05) is 42.8 Å². The number of hydrogen-bond donors (Lipinski definition) is 1. The quantitative estimate of drug-likeness (QED) is 0.607. The zero-order valence-electron chi connectivity index (χ0n) is 17.1. The fourth-order valence-electron chi connectivity index (χ4n) is 3.43. The van der Waals surface area contributed by atoms with Crippen LogP contribution in [0.1, 0.15) is 28.7 Å². The van der Waals surface area contributed by atoms with Gasteiger partial charge in [0.2, 0.25) is 0 Å². The summed E-state index contributed by atoms with van der Waals surface area (Å²) >= 11 is 2.11. The molecular weight excluding hydrogens is 456 g/mol. The zero-order chi connectivity index (χ0) is 22.2. The van der Waals surface area contributed by atoms with E-state index in [1.54, 1.807) is 17.2 Å². The summed E-state index contributed by atoms with van der Waals surface area (Å²) in [5.74, 6) is -0.202. The normalized spacial score (nSPS) is 15.4. The summed E-state index contributed by atoms with van der Waals surface area (Å²) in [5, 5.41) is 2.53. The molecule has 164 valence electrons. The van der Waals surface area contributed by atoms with Crippen molar-refractivity contribution < 1.29 is 13.2 Å². The number of hydrogen-bond acceptors (Lipinski definition) is 7. The number of nitrogens with one attached hydrogen (secondary N) is 1. The molecular formula is C20H22N4O4S3. The van der Waals surface area contributed by atoms with Crippen LogP contribution in [0.2, 0.25) is 0 Å². The SMILES string of the molecule is CCc1ccc(-c2nc(C(=O)N3CCN(S(=O)(=O)c4sc(=O)[nH]c4C)CC3)cs2)cc1. The number of amides is 1. The number of rotatable bonds is 5. The molecule has 0 saturated carbocycles. The predicted molar refractivity (Wildman–Crippen MR) is 121 cm³/mol. The first kappa shape index (κ1) is 21.9. The Labute approximate surface area is 188 Å². The lowest BCUT2D eigenvalue weighted by atomic mass is 10.1. The molecule has 31 heavy (non-hydrogen) atoms. The number of aromatic amines is 1. The van der Waals surface area contributed by atoms with Crippen LogP contribution >= 0.6 is 22.7 Å². The van der Waals surface area contributed by atoms with E-state index in [0.717, 1.165) is 17.0 Å². The van der Waals surface area contributed by atoms with Gasteiger partial charge in [-0.1, -0.05) is 42.5 Å². The van der Waals surface area contributed by atoms with E-state index >= 15 is 0 Å². The summed E-state index contributed by atoms with van der Waals surface area (Å²) in [6, 6.07) is 8.13. The van der Waals surface area contributed by atoms with Crippen LogP contribution in [0.5, 0.6) is 0 Å². The first-order chi connectivity index (χ1) is 14.8. The second kappa shape index (κ2) is 8.65. The lowest BCUT2D eigenvalue weighted by molar-refractivity contribution is 0.0693. The Morgan fingerprint density at radius 1 is 1.16 bits per heavy atom. The summed E-state index contributed by atoms with van der Waals surface area (Å²) < 4.78 is 27.0. The van der Waals surface area contributed by atoms with Crippen LogP contribution < -0.4 is 4.87 Å². The van der Waals surface area contributed by atoms with E-state index in [1.807, 2.05) is 12.1 Å². The van der Waals surface area contributed by atoms with Gasteiger partial charge in [0.1, 0.15) is 10.7 Å². The average Bonchev–Trinajstić information content (AvgIpc) is 3.40. The third-order valence-corrected chi connectivity index (χ3v) is 9.59. The minimum atomic E-state index is -3.75. The molecule has 0 atom stereocenters. The van der Waals surface area contributed by atoms with Crippen LogP contribution in [-0.4, -0.2) is 59.7 Å². The molecule has 1 saturated heterocycles. The lowest BCUT2D eigenvalue weighted by Crippen LogP contribution is -2.50. The van der Waals surface area contributed by atoms with Gasteiger partial charge >= 0.3 is 4.87 Å². The van der Waals surface area contributed by atoms with Crippen molar-refractivity contribution in [1.29, 1.82) is 0 Å². The van der Waals surface area contributed by atoms with Crippen molar-refractivity contribution in [3.8, 4) is 10.6 Å². The molecule has 11 heteroatoms. The number of carbonyl (C=O) groups is 1. The highest BCUT2D eigenvalue weighted by Gasteiger charge is 2.33. The van der Waals surface area contributed by atoms with E-state index in [4.69, 9.17) is 0 Å².